The van der Waals surface area contributed by atoms with Crippen molar-refractivity contribution in [2.45, 2.75) is 12.5 Å². The van der Waals surface area contributed by atoms with Crippen molar-refractivity contribution in [2.75, 3.05) is 24.6 Å². The predicted molar refractivity (Wildman–Crippen MR) is 80.9 cm³/mol. The van der Waals surface area contributed by atoms with Gasteiger partial charge in [-0.25, -0.2) is 4.98 Å². The van der Waals surface area contributed by atoms with Gasteiger partial charge in [-0.05, 0) is 24.6 Å². The highest BCUT2D eigenvalue weighted by molar-refractivity contribution is 5.43. The SMILES string of the molecule is CC1(c2ccccc2)CN(c2cccc(C#N)n2)CCO1. The summed E-state index contributed by atoms with van der Waals surface area (Å²) in [5.74, 6) is 0.833. The standard InChI is InChI=1S/C17H17N3O/c1-17(14-6-3-2-4-7-14)13-20(10-11-21-17)16-9-5-8-15(12-18)19-16/h2-9H,10-11,13H2,1H3. The second-order valence-corrected chi connectivity index (χ2v) is 5.36. The molecule has 1 atom stereocenters. The van der Waals surface area contributed by atoms with E-state index in [0.717, 1.165) is 24.5 Å². The van der Waals surface area contributed by atoms with Crippen LogP contribution in [0.5, 0.6) is 0 Å². The molecule has 1 aromatic heterocycles. The van der Waals surface area contributed by atoms with Crippen LogP contribution >= 0.6 is 0 Å². The van der Waals surface area contributed by atoms with Crippen molar-refractivity contribution in [2.24, 2.45) is 0 Å². The summed E-state index contributed by atoms with van der Waals surface area (Å²) in [6, 6.07) is 17.9. The molecule has 0 spiro atoms. The third-order valence-corrected chi connectivity index (χ3v) is 3.83. The minimum atomic E-state index is -0.357. The lowest BCUT2D eigenvalue weighted by Gasteiger charge is -2.41. The number of rotatable bonds is 2. The molecule has 21 heavy (non-hydrogen) atoms. The molecule has 0 amide bonds. The summed E-state index contributed by atoms with van der Waals surface area (Å²) < 4.78 is 6.03. The third kappa shape index (κ3) is 2.74. The van der Waals surface area contributed by atoms with Gasteiger partial charge in [-0.2, -0.15) is 5.26 Å². The number of hydrogen-bond donors (Lipinski definition) is 0. The van der Waals surface area contributed by atoms with Gasteiger partial charge in [0.05, 0.1) is 13.2 Å². The van der Waals surface area contributed by atoms with E-state index in [1.165, 1.54) is 0 Å². The second-order valence-electron chi connectivity index (χ2n) is 5.36. The summed E-state index contributed by atoms with van der Waals surface area (Å²) in [5.41, 5.74) is 1.25. The van der Waals surface area contributed by atoms with Crippen LogP contribution in [0.1, 0.15) is 18.2 Å². The zero-order valence-corrected chi connectivity index (χ0v) is 12.0. The van der Waals surface area contributed by atoms with E-state index in [9.17, 15) is 0 Å². The number of morpholine rings is 1. The predicted octanol–water partition coefficient (Wildman–Crippen LogP) is 2.71. The first-order chi connectivity index (χ1) is 10.2. The molecule has 1 unspecified atom stereocenters. The number of aromatic nitrogens is 1. The van der Waals surface area contributed by atoms with Crippen molar-refractivity contribution < 1.29 is 4.74 Å². The quantitative estimate of drug-likeness (QED) is 0.848. The number of pyridine rings is 1. The molecule has 106 valence electrons. The van der Waals surface area contributed by atoms with Gasteiger partial charge in [-0.3, -0.25) is 0 Å². The largest absolute Gasteiger partial charge is 0.367 e. The van der Waals surface area contributed by atoms with E-state index < -0.39 is 0 Å². The zero-order chi connectivity index (χ0) is 14.7. The van der Waals surface area contributed by atoms with Crippen LogP contribution in [0.2, 0.25) is 0 Å². The highest BCUT2D eigenvalue weighted by Crippen LogP contribution is 2.31. The van der Waals surface area contributed by atoms with Crippen LogP contribution in [0, 0.1) is 11.3 Å². The number of hydrogen-bond acceptors (Lipinski definition) is 4. The summed E-state index contributed by atoms with van der Waals surface area (Å²) in [5, 5.41) is 8.99. The number of nitrogens with zero attached hydrogens (tertiary/aromatic N) is 3. The normalized spacial score (nSPS) is 21.8. The molecule has 1 saturated heterocycles. The van der Waals surface area contributed by atoms with Crippen LogP contribution in [0.3, 0.4) is 0 Å². The average molecular weight is 279 g/mol. The molecule has 2 heterocycles. The van der Waals surface area contributed by atoms with Crippen molar-refractivity contribution in [3.63, 3.8) is 0 Å². The molecular weight excluding hydrogens is 262 g/mol. The average Bonchev–Trinajstić information content (AvgIpc) is 2.56. The van der Waals surface area contributed by atoms with Crippen LogP contribution in [0.4, 0.5) is 5.82 Å². The molecule has 0 aliphatic carbocycles. The number of anilines is 1. The topological polar surface area (TPSA) is 49.2 Å². The molecular formula is C17H17N3O. The summed E-state index contributed by atoms with van der Waals surface area (Å²) in [4.78, 5) is 6.56. The number of nitriles is 1. The molecule has 0 bridgehead atoms. The van der Waals surface area contributed by atoms with Crippen molar-refractivity contribution in [3.05, 3.63) is 59.8 Å². The summed E-state index contributed by atoms with van der Waals surface area (Å²) in [6.45, 7) is 4.25. The van der Waals surface area contributed by atoms with Gasteiger partial charge in [0.15, 0.2) is 0 Å². The molecule has 1 aliphatic heterocycles. The highest BCUT2D eigenvalue weighted by atomic mass is 16.5. The molecule has 1 aromatic carbocycles. The molecule has 4 nitrogen and oxygen atoms in total. The molecule has 1 aliphatic rings. The van der Waals surface area contributed by atoms with Gasteiger partial charge in [-0.15, -0.1) is 0 Å². The lowest BCUT2D eigenvalue weighted by Crippen LogP contribution is -2.48. The van der Waals surface area contributed by atoms with Gasteiger partial charge in [-0.1, -0.05) is 36.4 Å². The second kappa shape index (κ2) is 5.55. The zero-order valence-electron chi connectivity index (χ0n) is 12.0. The van der Waals surface area contributed by atoms with Gasteiger partial charge < -0.3 is 9.64 Å². The van der Waals surface area contributed by atoms with Crippen molar-refractivity contribution in [1.29, 1.82) is 5.26 Å². The number of benzene rings is 1. The Bertz CT molecular complexity index is 665. The maximum Gasteiger partial charge on any atom is 0.142 e. The molecule has 4 heteroatoms. The molecule has 0 saturated carbocycles. The Labute approximate surface area is 124 Å². The maximum absolute atomic E-state index is 8.99. The van der Waals surface area contributed by atoms with Gasteiger partial charge in [0.25, 0.3) is 0 Å². The van der Waals surface area contributed by atoms with E-state index in [2.05, 4.69) is 35.0 Å². The fraction of sp³-hybridized carbons (Fsp3) is 0.294. The Balaban J connectivity index is 1.87. The van der Waals surface area contributed by atoms with E-state index in [1.54, 1.807) is 6.07 Å². The smallest absolute Gasteiger partial charge is 0.142 e. The van der Waals surface area contributed by atoms with Gasteiger partial charge in [0.2, 0.25) is 0 Å². The molecule has 2 aromatic rings. The Hall–Kier alpha value is -2.38. The Morgan fingerprint density at radius 3 is 2.76 bits per heavy atom. The van der Waals surface area contributed by atoms with Gasteiger partial charge in [0, 0.05) is 6.54 Å². The first-order valence-electron chi connectivity index (χ1n) is 7.03. The molecule has 1 fully saturated rings. The van der Waals surface area contributed by atoms with E-state index in [4.69, 9.17) is 10.00 Å². The van der Waals surface area contributed by atoms with E-state index in [0.29, 0.717) is 12.3 Å². The first kappa shape index (κ1) is 13.6. The monoisotopic (exact) mass is 279 g/mol. The molecule has 0 N–H and O–H groups in total. The van der Waals surface area contributed by atoms with Crippen LogP contribution in [-0.2, 0) is 10.3 Å². The van der Waals surface area contributed by atoms with Crippen LogP contribution in [0.15, 0.2) is 48.5 Å². The van der Waals surface area contributed by atoms with Gasteiger partial charge in [0.1, 0.15) is 23.2 Å². The molecule has 3 rings (SSSR count). The number of ether oxygens (including phenoxy) is 1. The van der Waals surface area contributed by atoms with E-state index in [-0.39, 0.29) is 5.60 Å². The lowest BCUT2D eigenvalue weighted by molar-refractivity contribution is -0.0468. The minimum Gasteiger partial charge on any atom is -0.367 e. The molecule has 0 radical (unpaired) electrons. The fourth-order valence-electron chi connectivity index (χ4n) is 2.69. The van der Waals surface area contributed by atoms with Crippen LogP contribution in [0.25, 0.3) is 0 Å². The van der Waals surface area contributed by atoms with Crippen molar-refractivity contribution in [3.8, 4) is 6.07 Å². The Morgan fingerprint density at radius 1 is 1.19 bits per heavy atom. The van der Waals surface area contributed by atoms with E-state index >= 15 is 0 Å². The first-order valence-corrected chi connectivity index (χ1v) is 7.03. The van der Waals surface area contributed by atoms with E-state index in [1.807, 2.05) is 30.3 Å². The summed E-state index contributed by atoms with van der Waals surface area (Å²) >= 11 is 0. The van der Waals surface area contributed by atoms with Crippen LogP contribution < -0.4 is 4.90 Å². The van der Waals surface area contributed by atoms with Crippen molar-refractivity contribution >= 4 is 5.82 Å². The fourth-order valence-corrected chi connectivity index (χ4v) is 2.69. The lowest BCUT2D eigenvalue weighted by atomic mass is 9.94. The Morgan fingerprint density at radius 2 is 2.00 bits per heavy atom. The third-order valence-electron chi connectivity index (χ3n) is 3.83. The minimum absolute atomic E-state index is 0.357. The van der Waals surface area contributed by atoms with Crippen LogP contribution in [-0.4, -0.2) is 24.7 Å². The highest BCUT2D eigenvalue weighted by Gasteiger charge is 2.34. The van der Waals surface area contributed by atoms with Crippen molar-refractivity contribution in [1.82, 2.24) is 4.98 Å². The maximum atomic E-state index is 8.99. The van der Waals surface area contributed by atoms with Gasteiger partial charge >= 0.3 is 0 Å². The summed E-state index contributed by atoms with van der Waals surface area (Å²) in [7, 11) is 0. The summed E-state index contributed by atoms with van der Waals surface area (Å²) in [6.07, 6.45) is 0. The Kier molecular flexibility index (Phi) is 3.59.